The van der Waals surface area contributed by atoms with E-state index in [1.165, 1.54) is 0 Å². The summed E-state index contributed by atoms with van der Waals surface area (Å²) in [4.78, 5) is 11.4. The minimum atomic E-state index is -0.432. The van der Waals surface area contributed by atoms with Crippen LogP contribution in [-0.2, 0) is 16.1 Å². The first-order valence-corrected chi connectivity index (χ1v) is 7.03. The van der Waals surface area contributed by atoms with Crippen LogP contribution in [0, 0.1) is 0 Å². The van der Waals surface area contributed by atoms with Gasteiger partial charge >= 0.3 is 5.97 Å². The Morgan fingerprint density at radius 3 is 2.55 bits per heavy atom. The van der Waals surface area contributed by atoms with Crippen molar-refractivity contribution in [3.8, 4) is 11.5 Å². The number of carbonyl (C=O) groups is 1. The highest BCUT2D eigenvalue weighted by atomic mass is 16.6. The van der Waals surface area contributed by atoms with Crippen LogP contribution >= 0.6 is 0 Å². The number of rotatable bonds is 7. The van der Waals surface area contributed by atoms with Crippen LogP contribution in [0.1, 0.15) is 12.5 Å². The molecule has 0 heterocycles. The molecule has 116 valence electrons. The molecule has 22 heavy (non-hydrogen) atoms. The third-order valence-corrected chi connectivity index (χ3v) is 2.86. The van der Waals surface area contributed by atoms with E-state index in [9.17, 15) is 4.79 Å². The van der Waals surface area contributed by atoms with Crippen LogP contribution in [0.25, 0.3) is 0 Å². The molecule has 0 saturated heterocycles. The Labute approximate surface area is 129 Å². The van der Waals surface area contributed by atoms with E-state index in [4.69, 9.17) is 19.9 Å². The molecule has 0 atom stereocenters. The molecule has 0 fully saturated rings. The quantitative estimate of drug-likeness (QED) is 0.629. The van der Waals surface area contributed by atoms with Gasteiger partial charge in [-0.1, -0.05) is 30.3 Å². The molecule has 2 aromatic carbocycles. The molecule has 5 heteroatoms. The zero-order valence-corrected chi connectivity index (χ0v) is 12.5. The third-order valence-electron chi connectivity index (χ3n) is 2.86. The normalized spacial score (nSPS) is 10.0. The number of hydrogen-bond donors (Lipinski definition) is 1. The van der Waals surface area contributed by atoms with Crippen molar-refractivity contribution < 1.29 is 19.0 Å². The van der Waals surface area contributed by atoms with Crippen LogP contribution in [-0.4, -0.2) is 19.2 Å². The summed E-state index contributed by atoms with van der Waals surface area (Å²) in [5.74, 6) is 0.519. The van der Waals surface area contributed by atoms with Gasteiger partial charge in [0, 0.05) is 11.8 Å². The lowest BCUT2D eigenvalue weighted by Crippen LogP contribution is -2.15. The topological polar surface area (TPSA) is 70.8 Å². The first kappa shape index (κ1) is 15.7. The zero-order chi connectivity index (χ0) is 15.8. The summed E-state index contributed by atoms with van der Waals surface area (Å²) in [6, 6.07) is 14.8. The molecule has 5 nitrogen and oxygen atoms in total. The molecule has 2 rings (SSSR count). The molecule has 2 aromatic rings. The molecule has 0 aromatic heterocycles. The maximum absolute atomic E-state index is 11.4. The van der Waals surface area contributed by atoms with E-state index in [0.29, 0.717) is 30.4 Å². The standard InChI is InChI=1S/C17H19NO4/c1-2-20-17(19)12-22-16-10-14(18)8-9-15(16)21-11-13-6-4-3-5-7-13/h3-10H,2,11-12,18H2,1H3. The van der Waals surface area contributed by atoms with E-state index < -0.39 is 5.97 Å². The number of ether oxygens (including phenoxy) is 3. The van der Waals surface area contributed by atoms with Gasteiger partial charge < -0.3 is 19.9 Å². The fourth-order valence-electron chi connectivity index (χ4n) is 1.83. The lowest BCUT2D eigenvalue weighted by molar-refractivity contribution is -0.145. The molecule has 0 aliphatic carbocycles. The predicted octanol–water partition coefficient (Wildman–Crippen LogP) is 2.79. The van der Waals surface area contributed by atoms with E-state index in [-0.39, 0.29) is 6.61 Å². The average Bonchev–Trinajstić information content (AvgIpc) is 2.53. The summed E-state index contributed by atoms with van der Waals surface area (Å²) in [5, 5.41) is 0. The van der Waals surface area contributed by atoms with Crippen LogP contribution in [0.15, 0.2) is 48.5 Å². The van der Waals surface area contributed by atoms with E-state index in [1.54, 1.807) is 25.1 Å². The van der Waals surface area contributed by atoms with Crippen LogP contribution < -0.4 is 15.2 Å². The molecule has 0 saturated carbocycles. The first-order valence-electron chi connectivity index (χ1n) is 7.03. The minimum Gasteiger partial charge on any atom is -0.485 e. The molecule has 0 aliphatic heterocycles. The van der Waals surface area contributed by atoms with Gasteiger partial charge in [0.2, 0.25) is 0 Å². The van der Waals surface area contributed by atoms with Gasteiger partial charge in [0.25, 0.3) is 0 Å². The van der Waals surface area contributed by atoms with Crippen LogP contribution in [0.4, 0.5) is 5.69 Å². The Hall–Kier alpha value is -2.69. The van der Waals surface area contributed by atoms with Crippen molar-refractivity contribution >= 4 is 11.7 Å². The lowest BCUT2D eigenvalue weighted by Gasteiger charge is -2.13. The minimum absolute atomic E-state index is 0.182. The van der Waals surface area contributed by atoms with Crippen molar-refractivity contribution in [1.82, 2.24) is 0 Å². The molecular weight excluding hydrogens is 282 g/mol. The Balaban J connectivity index is 2.02. The van der Waals surface area contributed by atoms with Gasteiger partial charge in [-0.05, 0) is 24.6 Å². The molecule has 0 unspecified atom stereocenters. The maximum Gasteiger partial charge on any atom is 0.344 e. The second-order valence-corrected chi connectivity index (χ2v) is 4.57. The highest BCUT2D eigenvalue weighted by molar-refractivity contribution is 5.71. The zero-order valence-electron chi connectivity index (χ0n) is 12.5. The fourth-order valence-corrected chi connectivity index (χ4v) is 1.83. The number of carbonyl (C=O) groups excluding carboxylic acids is 1. The Bertz CT molecular complexity index is 613. The molecule has 0 amide bonds. The number of nitrogens with two attached hydrogens (primary N) is 1. The largest absolute Gasteiger partial charge is 0.485 e. The van der Waals surface area contributed by atoms with Gasteiger partial charge in [0.05, 0.1) is 6.61 Å². The van der Waals surface area contributed by atoms with Crippen LogP contribution in [0.5, 0.6) is 11.5 Å². The van der Waals surface area contributed by atoms with Gasteiger partial charge in [-0.15, -0.1) is 0 Å². The monoisotopic (exact) mass is 301 g/mol. The number of esters is 1. The van der Waals surface area contributed by atoms with Crippen molar-refractivity contribution in [3.05, 3.63) is 54.1 Å². The van der Waals surface area contributed by atoms with Gasteiger partial charge in [-0.3, -0.25) is 0 Å². The SMILES string of the molecule is CCOC(=O)COc1cc(N)ccc1OCc1ccccc1. The van der Waals surface area contributed by atoms with Gasteiger partial charge in [0.15, 0.2) is 18.1 Å². The van der Waals surface area contributed by atoms with Crippen molar-refractivity contribution in [2.24, 2.45) is 0 Å². The Morgan fingerprint density at radius 2 is 1.82 bits per heavy atom. The summed E-state index contributed by atoms with van der Waals surface area (Å²) >= 11 is 0. The average molecular weight is 301 g/mol. The molecule has 0 radical (unpaired) electrons. The van der Waals surface area contributed by atoms with Gasteiger partial charge in [-0.2, -0.15) is 0 Å². The van der Waals surface area contributed by atoms with Crippen molar-refractivity contribution in [2.75, 3.05) is 18.9 Å². The Kier molecular flexibility index (Phi) is 5.65. The smallest absolute Gasteiger partial charge is 0.344 e. The number of hydrogen-bond acceptors (Lipinski definition) is 5. The lowest BCUT2D eigenvalue weighted by atomic mass is 10.2. The maximum atomic E-state index is 11.4. The third kappa shape index (κ3) is 4.70. The second-order valence-electron chi connectivity index (χ2n) is 4.57. The first-order chi connectivity index (χ1) is 10.7. The summed E-state index contributed by atoms with van der Waals surface area (Å²) in [6.07, 6.45) is 0. The number of nitrogen functional groups attached to an aromatic ring is 1. The molecular formula is C17H19NO4. The molecule has 0 aliphatic rings. The highest BCUT2D eigenvalue weighted by Crippen LogP contribution is 2.30. The van der Waals surface area contributed by atoms with E-state index in [2.05, 4.69) is 0 Å². The van der Waals surface area contributed by atoms with E-state index in [1.807, 2.05) is 30.3 Å². The van der Waals surface area contributed by atoms with Crippen LogP contribution in [0.2, 0.25) is 0 Å². The summed E-state index contributed by atoms with van der Waals surface area (Å²) in [6.45, 7) is 2.28. The van der Waals surface area contributed by atoms with Gasteiger partial charge in [-0.25, -0.2) is 4.79 Å². The summed E-state index contributed by atoms with van der Waals surface area (Å²) in [7, 11) is 0. The second kappa shape index (κ2) is 7.93. The van der Waals surface area contributed by atoms with Crippen molar-refractivity contribution in [3.63, 3.8) is 0 Å². The predicted molar refractivity (Wildman–Crippen MR) is 83.8 cm³/mol. The van der Waals surface area contributed by atoms with Crippen molar-refractivity contribution in [2.45, 2.75) is 13.5 Å². The summed E-state index contributed by atoms with van der Waals surface area (Å²) in [5.41, 5.74) is 7.32. The van der Waals surface area contributed by atoms with E-state index in [0.717, 1.165) is 5.56 Å². The van der Waals surface area contributed by atoms with E-state index >= 15 is 0 Å². The number of anilines is 1. The van der Waals surface area contributed by atoms with Crippen molar-refractivity contribution in [1.29, 1.82) is 0 Å². The Morgan fingerprint density at radius 1 is 1.05 bits per heavy atom. The molecule has 0 spiro atoms. The molecule has 0 bridgehead atoms. The molecule has 2 N–H and O–H groups in total. The van der Waals surface area contributed by atoms with Crippen LogP contribution in [0.3, 0.4) is 0 Å². The number of benzene rings is 2. The highest BCUT2D eigenvalue weighted by Gasteiger charge is 2.09. The summed E-state index contributed by atoms with van der Waals surface area (Å²) < 4.78 is 16.0. The van der Waals surface area contributed by atoms with Gasteiger partial charge in [0.1, 0.15) is 6.61 Å². The fraction of sp³-hybridized carbons (Fsp3) is 0.235.